The molecule has 0 aliphatic heterocycles. The van der Waals surface area contributed by atoms with Crippen molar-refractivity contribution in [1.82, 2.24) is 15.0 Å². The highest BCUT2D eigenvalue weighted by Gasteiger charge is 2.21. The first-order chi connectivity index (χ1) is 13.4. The predicted octanol–water partition coefficient (Wildman–Crippen LogP) is 3.68. The van der Waals surface area contributed by atoms with Crippen LogP contribution in [-0.4, -0.2) is 32.9 Å². The van der Waals surface area contributed by atoms with Gasteiger partial charge in [-0.15, -0.1) is 0 Å². The Labute approximate surface area is 163 Å². The Morgan fingerprint density at radius 3 is 2.54 bits per heavy atom. The Bertz CT molecular complexity index is 967. The van der Waals surface area contributed by atoms with E-state index in [2.05, 4.69) is 15.5 Å². The molecule has 2 heterocycles. The van der Waals surface area contributed by atoms with Crippen molar-refractivity contribution in [1.29, 1.82) is 0 Å². The largest absolute Gasteiger partial charge is 0.360 e. The van der Waals surface area contributed by atoms with Gasteiger partial charge in [0, 0.05) is 30.4 Å². The van der Waals surface area contributed by atoms with Gasteiger partial charge in [0.15, 0.2) is 5.82 Å². The smallest absolute Gasteiger partial charge is 0.272 e. The quantitative estimate of drug-likeness (QED) is 0.707. The van der Waals surface area contributed by atoms with Crippen molar-refractivity contribution in [2.45, 2.75) is 33.4 Å². The Morgan fingerprint density at radius 1 is 1.14 bits per heavy atom. The highest BCUT2D eigenvalue weighted by molar-refractivity contribution is 6.05. The molecular weight excluding hydrogens is 356 g/mol. The molecule has 1 N–H and O–H groups in total. The SMILES string of the molecule is Cc1cc(NC(=O)c2ccnc(C(=O)N(Cc3ccccc3)C(C)C)c2)no1. The van der Waals surface area contributed by atoms with Gasteiger partial charge < -0.3 is 14.7 Å². The van der Waals surface area contributed by atoms with Gasteiger partial charge in [-0.05, 0) is 38.5 Å². The number of benzene rings is 1. The monoisotopic (exact) mass is 378 g/mol. The minimum Gasteiger partial charge on any atom is -0.360 e. The fraction of sp³-hybridized carbons (Fsp3) is 0.238. The number of carbonyl (C=O) groups is 2. The lowest BCUT2D eigenvalue weighted by molar-refractivity contribution is 0.0684. The van der Waals surface area contributed by atoms with Crippen molar-refractivity contribution < 1.29 is 14.1 Å². The number of aromatic nitrogens is 2. The van der Waals surface area contributed by atoms with Crippen molar-refractivity contribution in [3.05, 3.63) is 77.3 Å². The fourth-order valence-electron chi connectivity index (χ4n) is 2.72. The van der Waals surface area contributed by atoms with Crippen LogP contribution >= 0.6 is 0 Å². The van der Waals surface area contributed by atoms with Gasteiger partial charge in [0.05, 0.1) is 0 Å². The van der Waals surface area contributed by atoms with Gasteiger partial charge >= 0.3 is 0 Å². The van der Waals surface area contributed by atoms with Crippen LogP contribution in [0.2, 0.25) is 0 Å². The first kappa shape index (κ1) is 19.3. The number of aryl methyl sites for hydroxylation is 1. The lowest BCUT2D eigenvalue weighted by atomic mass is 10.1. The Balaban J connectivity index is 1.78. The molecule has 1 aromatic carbocycles. The number of nitrogens with zero attached hydrogens (tertiary/aromatic N) is 3. The average molecular weight is 378 g/mol. The Kier molecular flexibility index (Phi) is 5.84. The zero-order chi connectivity index (χ0) is 20.1. The van der Waals surface area contributed by atoms with Gasteiger partial charge in [0.2, 0.25) is 0 Å². The van der Waals surface area contributed by atoms with E-state index in [9.17, 15) is 9.59 Å². The molecule has 2 amide bonds. The van der Waals surface area contributed by atoms with Crippen LogP contribution < -0.4 is 5.32 Å². The molecule has 144 valence electrons. The summed E-state index contributed by atoms with van der Waals surface area (Å²) in [4.78, 5) is 31.4. The van der Waals surface area contributed by atoms with Crippen LogP contribution in [0.1, 0.15) is 46.0 Å². The highest BCUT2D eigenvalue weighted by Crippen LogP contribution is 2.14. The highest BCUT2D eigenvalue weighted by atomic mass is 16.5. The zero-order valence-corrected chi connectivity index (χ0v) is 16.0. The van der Waals surface area contributed by atoms with Gasteiger partial charge in [-0.1, -0.05) is 35.5 Å². The van der Waals surface area contributed by atoms with E-state index in [-0.39, 0.29) is 23.6 Å². The number of anilines is 1. The lowest BCUT2D eigenvalue weighted by Gasteiger charge is -2.26. The van der Waals surface area contributed by atoms with Crippen LogP contribution in [-0.2, 0) is 6.54 Å². The molecule has 0 fully saturated rings. The van der Waals surface area contributed by atoms with Crippen LogP contribution in [0.3, 0.4) is 0 Å². The normalized spacial score (nSPS) is 10.7. The molecule has 0 atom stereocenters. The van der Waals surface area contributed by atoms with Crippen molar-refractivity contribution in [3.8, 4) is 0 Å². The second-order valence-corrected chi connectivity index (χ2v) is 6.72. The Morgan fingerprint density at radius 2 is 1.89 bits per heavy atom. The minimum atomic E-state index is -0.385. The molecule has 7 nitrogen and oxygen atoms in total. The van der Waals surface area contributed by atoms with E-state index < -0.39 is 0 Å². The first-order valence-electron chi connectivity index (χ1n) is 8.99. The predicted molar refractivity (Wildman–Crippen MR) is 105 cm³/mol. The maximum absolute atomic E-state index is 13.0. The van der Waals surface area contributed by atoms with Gasteiger partial charge in [0.25, 0.3) is 11.8 Å². The summed E-state index contributed by atoms with van der Waals surface area (Å²) in [6, 6.07) is 14.4. The second-order valence-electron chi connectivity index (χ2n) is 6.72. The van der Waals surface area contributed by atoms with Crippen molar-refractivity contribution in [2.24, 2.45) is 0 Å². The van der Waals surface area contributed by atoms with E-state index >= 15 is 0 Å². The van der Waals surface area contributed by atoms with Crippen molar-refractivity contribution in [2.75, 3.05) is 5.32 Å². The maximum atomic E-state index is 13.0. The summed E-state index contributed by atoms with van der Waals surface area (Å²) < 4.78 is 4.94. The third kappa shape index (κ3) is 4.62. The van der Waals surface area contributed by atoms with E-state index in [0.29, 0.717) is 23.7 Å². The summed E-state index contributed by atoms with van der Waals surface area (Å²) in [5.74, 6) is 0.296. The number of pyridine rings is 1. The molecule has 0 radical (unpaired) electrons. The third-order valence-corrected chi connectivity index (χ3v) is 4.19. The van der Waals surface area contributed by atoms with Crippen LogP contribution in [0, 0.1) is 6.92 Å². The summed E-state index contributed by atoms with van der Waals surface area (Å²) in [6.07, 6.45) is 1.46. The summed E-state index contributed by atoms with van der Waals surface area (Å²) in [7, 11) is 0. The number of hydrogen-bond acceptors (Lipinski definition) is 5. The van der Waals surface area contributed by atoms with Gasteiger partial charge in [-0.2, -0.15) is 0 Å². The van der Waals surface area contributed by atoms with Gasteiger partial charge in [-0.25, -0.2) is 0 Å². The molecular formula is C21H22N4O3. The summed E-state index contributed by atoms with van der Waals surface area (Å²) in [5.41, 5.74) is 1.57. The van der Waals surface area contributed by atoms with E-state index in [1.807, 2.05) is 44.2 Å². The number of rotatable bonds is 6. The molecule has 0 unspecified atom stereocenters. The molecule has 0 saturated heterocycles. The van der Waals surface area contributed by atoms with E-state index in [1.165, 1.54) is 12.3 Å². The minimum absolute atomic E-state index is 0.0231. The zero-order valence-electron chi connectivity index (χ0n) is 16.0. The first-order valence-corrected chi connectivity index (χ1v) is 8.99. The van der Waals surface area contributed by atoms with E-state index in [4.69, 9.17) is 4.52 Å². The number of hydrogen-bond donors (Lipinski definition) is 1. The second kappa shape index (κ2) is 8.47. The standard InChI is InChI=1S/C21H22N4O3/c1-14(2)25(13-16-7-5-4-6-8-16)21(27)18-12-17(9-10-22-18)20(26)23-19-11-15(3)28-24-19/h4-12,14H,13H2,1-3H3,(H,23,24,26). The van der Waals surface area contributed by atoms with Crippen molar-refractivity contribution >= 4 is 17.6 Å². The maximum Gasteiger partial charge on any atom is 0.272 e. The van der Waals surface area contributed by atoms with Gasteiger partial charge in [0.1, 0.15) is 11.5 Å². The summed E-state index contributed by atoms with van der Waals surface area (Å²) in [5, 5.41) is 6.38. The molecule has 7 heteroatoms. The number of amides is 2. The molecule has 0 spiro atoms. The average Bonchev–Trinajstić information content (AvgIpc) is 3.11. The van der Waals surface area contributed by atoms with Crippen LogP contribution in [0.15, 0.2) is 59.3 Å². The molecule has 3 rings (SSSR count). The molecule has 2 aromatic heterocycles. The Hall–Kier alpha value is -3.48. The van der Waals surface area contributed by atoms with E-state index in [0.717, 1.165) is 5.56 Å². The fourth-order valence-corrected chi connectivity index (χ4v) is 2.72. The van der Waals surface area contributed by atoms with Crippen LogP contribution in [0.4, 0.5) is 5.82 Å². The molecule has 0 bridgehead atoms. The lowest BCUT2D eigenvalue weighted by Crippen LogP contribution is -2.37. The van der Waals surface area contributed by atoms with Crippen LogP contribution in [0.25, 0.3) is 0 Å². The van der Waals surface area contributed by atoms with Crippen LogP contribution in [0.5, 0.6) is 0 Å². The summed E-state index contributed by atoms with van der Waals surface area (Å²) in [6.45, 7) is 6.10. The van der Waals surface area contributed by atoms with Crippen molar-refractivity contribution in [3.63, 3.8) is 0 Å². The number of nitrogens with one attached hydrogen (secondary N) is 1. The third-order valence-electron chi connectivity index (χ3n) is 4.19. The molecule has 3 aromatic rings. The van der Waals surface area contributed by atoms with Gasteiger partial charge in [-0.3, -0.25) is 14.6 Å². The molecule has 28 heavy (non-hydrogen) atoms. The molecule has 0 saturated carbocycles. The van der Waals surface area contributed by atoms with E-state index in [1.54, 1.807) is 24.0 Å². The topological polar surface area (TPSA) is 88.3 Å². The molecule has 0 aliphatic rings. The summed E-state index contributed by atoms with van der Waals surface area (Å²) >= 11 is 0. The number of carbonyl (C=O) groups excluding carboxylic acids is 2. The molecule has 0 aliphatic carbocycles.